The highest BCUT2D eigenvalue weighted by molar-refractivity contribution is 5.87. The van der Waals surface area contributed by atoms with Crippen molar-refractivity contribution in [2.75, 3.05) is 11.9 Å². The van der Waals surface area contributed by atoms with E-state index < -0.39 is 11.7 Å². The second kappa shape index (κ2) is 4.98. The Morgan fingerprint density at radius 3 is 2.50 bits per heavy atom. The van der Waals surface area contributed by atoms with Gasteiger partial charge < -0.3 is 14.9 Å². The van der Waals surface area contributed by atoms with E-state index in [-0.39, 0.29) is 6.61 Å². The molecular weight excluding hydrogens is 258 g/mol. The van der Waals surface area contributed by atoms with Gasteiger partial charge in [0.25, 0.3) is 0 Å². The number of benzene rings is 1. The average molecular weight is 279 g/mol. The first-order chi connectivity index (χ1) is 9.29. The molecule has 2 rings (SSSR count). The maximum absolute atomic E-state index is 10.9. The van der Waals surface area contributed by atoms with Crippen LogP contribution in [0.5, 0.6) is 5.75 Å². The van der Waals surface area contributed by atoms with Crippen LogP contribution in [0.2, 0.25) is 0 Å². The molecule has 1 heterocycles. The first-order valence-corrected chi connectivity index (χ1v) is 6.71. The first-order valence-electron chi connectivity index (χ1n) is 6.71. The van der Waals surface area contributed by atoms with Crippen molar-refractivity contribution in [3.63, 3.8) is 0 Å². The highest BCUT2D eigenvalue weighted by Crippen LogP contribution is 2.45. The normalized spacial score (nSPS) is 20.4. The Labute approximate surface area is 118 Å². The number of carboxylic acid groups (broad SMARTS) is 1. The summed E-state index contributed by atoms with van der Waals surface area (Å²) in [5.41, 5.74) is 4.01. The zero-order valence-electron chi connectivity index (χ0n) is 12.3. The number of aliphatic hydroxyl groups is 1. The van der Waals surface area contributed by atoms with Crippen LogP contribution in [-0.4, -0.2) is 28.5 Å². The van der Waals surface area contributed by atoms with E-state index in [0.29, 0.717) is 18.5 Å². The van der Waals surface area contributed by atoms with Gasteiger partial charge in [-0.2, -0.15) is 0 Å². The highest BCUT2D eigenvalue weighted by Gasteiger charge is 2.37. The van der Waals surface area contributed by atoms with Gasteiger partial charge in [-0.3, -0.25) is 5.32 Å². The molecule has 1 amide bonds. The third-order valence-electron chi connectivity index (χ3n) is 4.15. The van der Waals surface area contributed by atoms with Crippen LogP contribution >= 0.6 is 0 Å². The minimum atomic E-state index is -1.06. The summed E-state index contributed by atoms with van der Waals surface area (Å²) in [6, 6.07) is 0. The lowest BCUT2D eigenvalue weighted by Crippen LogP contribution is -2.31. The lowest BCUT2D eigenvalue weighted by Gasteiger charge is -2.23. The predicted octanol–water partition coefficient (Wildman–Crippen LogP) is 2.78. The van der Waals surface area contributed by atoms with E-state index in [1.165, 1.54) is 0 Å². The molecule has 0 spiro atoms. The molecule has 1 aromatic rings. The summed E-state index contributed by atoms with van der Waals surface area (Å²) >= 11 is 0. The van der Waals surface area contributed by atoms with Gasteiger partial charge >= 0.3 is 6.09 Å². The van der Waals surface area contributed by atoms with E-state index >= 15 is 0 Å². The number of aliphatic hydroxyl groups excluding tert-OH is 1. The van der Waals surface area contributed by atoms with Crippen LogP contribution < -0.4 is 10.1 Å². The van der Waals surface area contributed by atoms with Crippen molar-refractivity contribution >= 4 is 11.8 Å². The molecule has 0 aliphatic carbocycles. The number of anilines is 1. The quantitative estimate of drug-likeness (QED) is 0.795. The topological polar surface area (TPSA) is 78.8 Å². The van der Waals surface area contributed by atoms with Crippen molar-refractivity contribution in [3.8, 4) is 5.75 Å². The third kappa shape index (κ3) is 2.33. The minimum Gasteiger partial charge on any atom is -0.487 e. The highest BCUT2D eigenvalue weighted by atomic mass is 16.5. The van der Waals surface area contributed by atoms with Gasteiger partial charge in [0, 0.05) is 25.0 Å². The van der Waals surface area contributed by atoms with Crippen molar-refractivity contribution in [2.24, 2.45) is 0 Å². The molecule has 1 unspecified atom stereocenters. The first kappa shape index (κ1) is 14.7. The summed E-state index contributed by atoms with van der Waals surface area (Å²) in [6.45, 7) is 7.78. The Morgan fingerprint density at radius 2 is 1.95 bits per heavy atom. The fourth-order valence-corrected chi connectivity index (χ4v) is 2.86. The molecule has 0 aromatic heterocycles. The molecule has 0 bridgehead atoms. The van der Waals surface area contributed by atoms with Crippen LogP contribution in [0.3, 0.4) is 0 Å². The molecule has 20 heavy (non-hydrogen) atoms. The van der Waals surface area contributed by atoms with Crippen molar-refractivity contribution in [1.29, 1.82) is 0 Å². The summed E-state index contributed by atoms with van der Waals surface area (Å²) in [7, 11) is 0. The molecule has 0 fully saturated rings. The van der Waals surface area contributed by atoms with Crippen molar-refractivity contribution in [3.05, 3.63) is 22.3 Å². The Balaban J connectivity index is 2.52. The number of fused-ring (bicyclic) bond motifs is 1. The van der Waals surface area contributed by atoms with Crippen LogP contribution in [0.25, 0.3) is 0 Å². The Morgan fingerprint density at radius 1 is 1.30 bits per heavy atom. The van der Waals surface area contributed by atoms with Crippen LogP contribution in [0.15, 0.2) is 0 Å². The average Bonchev–Trinajstić information content (AvgIpc) is 2.70. The van der Waals surface area contributed by atoms with Gasteiger partial charge in [-0.25, -0.2) is 4.79 Å². The third-order valence-corrected chi connectivity index (χ3v) is 4.15. The van der Waals surface area contributed by atoms with Crippen molar-refractivity contribution in [2.45, 2.75) is 46.1 Å². The van der Waals surface area contributed by atoms with E-state index in [1.807, 2.05) is 27.7 Å². The molecule has 110 valence electrons. The monoisotopic (exact) mass is 279 g/mol. The summed E-state index contributed by atoms with van der Waals surface area (Å²) in [5, 5.41) is 20.6. The second-order valence-electron chi connectivity index (χ2n) is 5.69. The molecule has 0 radical (unpaired) electrons. The maximum atomic E-state index is 10.9. The summed E-state index contributed by atoms with van der Waals surface area (Å²) in [5.74, 6) is 0.840. The predicted molar refractivity (Wildman–Crippen MR) is 76.7 cm³/mol. The molecule has 1 aromatic carbocycles. The lowest BCUT2D eigenvalue weighted by molar-refractivity contribution is 0.0805. The number of rotatable bonds is 3. The van der Waals surface area contributed by atoms with Gasteiger partial charge in [-0.05, 0) is 44.4 Å². The molecule has 5 nitrogen and oxygen atoms in total. The summed E-state index contributed by atoms with van der Waals surface area (Å²) < 4.78 is 6.05. The Hall–Kier alpha value is -1.75. The van der Waals surface area contributed by atoms with Gasteiger partial charge in [-0.15, -0.1) is 0 Å². The van der Waals surface area contributed by atoms with Crippen LogP contribution in [0.1, 0.15) is 35.6 Å². The molecule has 0 saturated heterocycles. The van der Waals surface area contributed by atoms with Crippen molar-refractivity contribution < 1.29 is 19.7 Å². The van der Waals surface area contributed by atoms with Gasteiger partial charge in [0.2, 0.25) is 0 Å². The zero-order chi connectivity index (χ0) is 15.1. The molecule has 1 aliphatic rings. The number of ether oxygens (including phenoxy) is 1. The van der Waals surface area contributed by atoms with Crippen LogP contribution in [0, 0.1) is 20.8 Å². The largest absolute Gasteiger partial charge is 0.487 e. The standard InChI is InChI=1S/C15H21NO4/c1-8-9(2)13-11(7-15(4,20-13)5-6-17)10(3)12(8)16-14(18)19/h16-17H,5-7H2,1-4H3,(H,18,19). The van der Waals surface area contributed by atoms with Gasteiger partial charge in [0.15, 0.2) is 0 Å². The van der Waals surface area contributed by atoms with E-state index in [4.69, 9.17) is 14.9 Å². The number of amides is 1. The van der Waals surface area contributed by atoms with E-state index in [9.17, 15) is 4.79 Å². The number of carbonyl (C=O) groups is 1. The van der Waals surface area contributed by atoms with Gasteiger partial charge in [0.1, 0.15) is 11.4 Å². The smallest absolute Gasteiger partial charge is 0.409 e. The van der Waals surface area contributed by atoms with Gasteiger partial charge in [-0.1, -0.05) is 0 Å². The van der Waals surface area contributed by atoms with Gasteiger partial charge in [0.05, 0.1) is 5.69 Å². The molecule has 0 saturated carbocycles. The SMILES string of the molecule is Cc1c(C)c2c(c(C)c1NC(=O)O)CC(C)(CCO)O2. The zero-order valence-corrected chi connectivity index (χ0v) is 12.3. The fourth-order valence-electron chi connectivity index (χ4n) is 2.86. The van der Waals surface area contributed by atoms with Crippen molar-refractivity contribution in [1.82, 2.24) is 0 Å². The second-order valence-corrected chi connectivity index (χ2v) is 5.69. The van der Waals surface area contributed by atoms with E-state index in [0.717, 1.165) is 28.0 Å². The van der Waals surface area contributed by atoms with E-state index in [1.54, 1.807) is 0 Å². The number of nitrogens with one attached hydrogen (secondary N) is 1. The Bertz CT molecular complexity index is 568. The number of hydrogen-bond acceptors (Lipinski definition) is 3. The summed E-state index contributed by atoms with van der Waals surface area (Å²) in [4.78, 5) is 10.9. The fraction of sp³-hybridized carbons (Fsp3) is 0.533. The molecule has 1 atom stereocenters. The maximum Gasteiger partial charge on any atom is 0.409 e. The molecule has 5 heteroatoms. The number of hydrogen-bond donors (Lipinski definition) is 3. The van der Waals surface area contributed by atoms with Crippen LogP contribution in [-0.2, 0) is 6.42 Å². The molecule has 1 aliphatic heterocycles. The Kier molecular flexibility index (Phi) is 3.65. The lowest BCUT2D eigenvalue weighted by atomic mass is 9.90. The minimum absolute atomic E-state index is 0.0712. The molecule has 3 N–H and O–H groups in total. The van der Waals surface area contributed by atoms with Crippen LogP contribution in [0.4, 0.5) is 10.5 Å². The van der Waals surface area contributed by atoms with E-state index in [2.05, 4.69) is 5.32 Å². The molecular formula is C15H21NO4. The summed E-state index contributed by atoms with van der Waals surface area (Å²) in [6.07, 6.45) is 0.179.